The average molecular weight is 342 g/mol. The maximum Gasteiger partial charge on any atom is 0.313 e. The second-order valence-electron chi connectivity index (χ2n) is 6.72. The molecule has 0 unspecified atom stereocenters. The van der Waals surface area contributed by atoms with E-state index in [1.165, 1.54) is 4.90 Å². The van der Waals surface area contributed by atoms with E-state index >= 15 is 0 Å². The van der Waals surface area contributed by atoms with Crippen molar-refractivity contribution in [2.45, 2.75) is 13.5 Å². The van der Waals surface area contributed by atoms with Crippen LogP contribution >= 0.6 is 0 Å². The van der Waals surface area contributed by atoms with Crippen molar-refractivity contribution in [3.8, 4) is 11.5 Å². The molecule has 2 aliphatic rings. The molecule has 1 aromatic heterocycles. The van der Waals surface area contributed by atoms with Gasteiger partial charge in [0.25, 0.3) is 5.89 Å². The number of hydrogen-bond acceptors (Lipinski definition) is 6. The van der Waals surface area contributed by atoms with Crippen LogP contribution < -0.4 is 5.32 Å². The van der Waals surface area contributed by atoms with Crippen LogP contribution in [0.3, 0.4) is 0 Å². The minimum atomic E-state index is -1.05. The Balaban J connectivity index is 1.53. The van der Waals surface area contributed by atoms with E-state index in [1.807, 2.05) is 31.2 Å². The summed E-state index contributed by atoms with van der Waals surface area (Å²) < 4.78 is 5.27. The minimum Gasteiger partial charge on any atom is -0.481 e. The van der Waals surface area contributed by atoms with Gasteiger partial charge < -0.3 is 19.8 Å². The summed E-state index contributed by atoms with van der Waals surface area (Å²) in [5.74, 6) is -0.886. The third kappa shape index (κ3) is 2.49. The molecule has 8 heteroatoms. The molecule has 2 saturated heterocycles. The molecule has 4 rings (SSSR count). The highest BCUT2D eigenvalue weighted by Crippen LogP contribution is 2.40. The van der Waals surface area contributed by atoms with Crippen molar-refractivity contribution < 1.29 is 19.2 Å². The number of nitrogens with zero attached hydrogens (tertiary/aromatic N) is 3. The van der Waals surface area contributed by atoms with Crippen LogP contribution in [0.2, 0.25) is 0 Å². The highest BCUT2D eigenvalue weighted by molar-refractivity contribution is 5.92. The lowest BCUT2D eigenvalue weighted by molar-refractivity contribution is -0.149. The summed E-state index contributed by atoms with van der Waals surface area (Å²) in [5, 5.41) is 16.5. The maximum absolute atomic E-state index is 12.6. The molecule has 1 amide bonds. The fourth-order valence-electron chi connectivity index (χ4n) is 3.62. The Morgan fingerprint density at radius 3 is 2.88 bits per heavy atom. The number of aliphatic carboxylic acids is 1. The molecule has 8 nitrogen and oxygen atoms in total. The quantitative estimate of drug-likeness (QED) is 0.841. The number of carbonyl (C=O) groups excluding carboxylic acids is 1. The van der Waals surface area contributed by atoms with Gasteiger partial charge >= 0.3 is 5.97 Å². The molecule has 2 atom stereocenters. The Hall–Kier alpha value is -2.74. The van der Waals surface area contributed by atoms with Gasteiger partial charge in [0.15, 0.2) is 5.82 Å². The number of aryl methyl sites for hydroxylation is 1. The second-order valence-corrected chi connectivity index (χ2v) is 6.72. The number of carboxylic acid groups (broad SMARTS) is 1. The topological polar surface area (TPSA) is 109 Å². The first-order valence-electron chi connectivity index (χ1n) is 8.12. The summed E-state index contributed by atoms with van der Waals surface area (Å²) in [4.78, 5) is 30.1. The van der Waals surface area contributed by atoms with Crippen LogP contribution in [0, 0.1) is 18.3 Å². The third-order valence-corrected chi connectivity index (χ3v) is 5.06. The van der Waals surface area contributed by atoms with E-state index in [-0.39, 0.29) is 19.0 Å². The van der Waals surface area contributed by atoms with E-state index in [4.69, 9.17) is 4.52 Å². The molecule has 0 saturated carbocycles. The molecule has 0 radical (unpaired) electrons. The van der Waals surface area contributed by atoms with Gasteiger partial charge in [0.2, 0.25) is 5.91 Å². The standard InChI is InChI=1S/C17H18N4O4/c1-10-2-4-11(5-3-10)14-19-13(20-25-14)7-21-9-17(16(23)24)8-18-6-12(17)15(21)22/h2-5,12,18H,6-9H2,1H3,(H,23,24)/t12-,17-/m0/s1. The molecule has 25 heavy (non-hydrogen) atoms. The smallest absolute Gasteiger partial charge is 0.313 e. The monoisotopic (exact) mass is 342 g/mol. The lowest BCUT2D eigenvalue weighted by atomic mass is 9.81. The van der Waals surface area contributed by atoms with Crippen molar-refractivity contribution >= 4 is 11.9 Å². The van der Waals surface area contributed by atoms with Crippen molar-refractivity contribution in [3.05, 3.63) is 35.7 Å². The highest BCUT2D eigenvalue weighted by atomic mass is 16.5. The molecule has 3 heterocycles. The molecule has 2 aliphatic heterocycles. The van der Waals surface area contributed by atoms with Crippen LogP contribution in [0.15, 0.2) is 28.8 Å². The predicted molar refractivity (Wildman–Crippen MR) is 86.3 cm³/mol. The molecule has 2 fully saturated rings. The zero-order chi connectivity index (χ0) is 17.6. The largest absolute Gasteiger partial charge is 0.481 e. The van der Waals surface area contributed by atoms with Crippen molar-refractivity contribution in [1.82, 2.24) is 20.4 Å². The first-order valence-corrected chi connectivity index (χ1v) is 8.12. The van der Waals surface area contributed by atoms with E-state index in [9.17, 15) is 14.7 Å². The number of carboxylic acids is 1. The van der Waals surface area contributed by atoms with Crippen LogP contribution in [-0.2, 0) is 16.1 Å². The number of hydrogen-bond donors (Lipinski definition) is 2. The number of aromatic nitrogens is 2. The molecular weight excluding hydrogens is 324 g/mol. The van der Waals surface area contributed by atoms with Gasteiger partial charge in [-0.3, -0.25) is 9.59 Å². The zero-order valence-electron chi connectivity index (χ0n) is 13.7. The second kappa shape index (κ2) is 5.66. The number of fused-ring (bicyclic) bond motifs is 1. The third-order valence-electron chi connectivity index (χ3n) is 5.06. The molecular formula is C17H18N4O4. The minimum absolute atomic E-state index is 0.153. The number of nitrogens with one attached hydrogen (secondary N) is 1. The normalized spacial score (nSPS) is 25.4. The van der Waals surface area contributed by atoms with Crippen molar-refractivity contribution in [1.29, 1.82) is 0 Å². The Kier molecular flexibility index (Phi) is 3.57. The van der Waals surface area contributed by atoms with Crippen LogP contribution in [-0.4, -0.2) is 51.7 Å². The zero-order valence-corrected chi connectivity index (χ0v) is 13.7. The van der Waals surface area contributed by atoms with Gasteiger partial charge in [0, 0.05) is 25.2 Å². The van der Waals surface area contributed by atoms with Crippen LogP contribution in [0.5, 0.6) is 0 Å². The van der Waals surface area contributed by atoms with E-state index in [1.54, 1.807) is 0 Å². The van der Waals surface area contributed by atoms with Gasteiger partial charge in [-0.2, -0.15) is 4.98 Å². The van der Waals surface area contributed by atoms with E-state index in [0.29, 0.717) is 24.8 Å². The number of amides is 1. The number of likely N-dealkylation sites (tertiary alicyclic amines) is 1. The summed E-state index contributed by atoms with van der Waals surface area (Å²) >= 11 is 0. The van der Waals surface area contributed by atoms with Crippen LogP contribution in [0.25, 0.3) is 11.5 Å². The lowest BCUT2D eigenvalue weighted by Gasteiger charge is -2.21. The van der Waals surface area contributed by atoms with Gasteiger partial charge in [-0.15, -0.1) is 0 Å². The number of rotatable bonds is 4. The number of carbonyl (C=O) groups is 2. The molecule has 2 N–H and O–H groups in total. The molecule has 1 aromatic carbocycles. The van der Waals surface area contributed by atoms with Crippen molar-refractivity contribution in [2.24, 2.45) is 11.3 Å². The van der Waals surface area contributed by atoms with Crippen molar-refractivity contribution in [3.63, 3.8) is 0 Å². The summed E-state index contributed by atoms with van der Waals surface area (Å²) in [6.45, 7) is 3.00. The van der Waals surface area contributed by atoms with Crippen LogP contribution in [0.1, 0.15) is 11.4 Å². The fraction of sp³-hybridized carbons (Fsp3) is 0.412. The maximum atomic E-state index is 12.6. The summed E-state index contributed by atoms with van der Waals surface area (Å²) in [5.41, 5.74) is 0.881. The van der Waals surface area contributed by atoms with Gasteiger partial charge in [0.1, 0.15) is 5.41 Å². The molecule has 0 spiro atoms. The van der Waals surface area contributed by atoms with Gasteiger partial charge in [-0.1, -0.05) is 22.9 Å². The summed E-state index contributed by atoms with van der Waals surface area (Å²) in [6, 6.07) is 7.69. The van der Waals surface area contributed by atoms with E-state index in [0.717, 1.165) is 11.1 Å². The van der Waals surface area contributed by atoms with Crippen LogP contribution in [0.4, 0.5) is 0 Å². The SMILES string of the molecule is Cc1ccc(-c2nc(CN3C[C@@]4(C(=O)O)CNC[C@H]4C3=O)no2)cc1. The predicted octanol–water partition coefficient (Wildman–Crippen LogP) is 0.678. The first kappa shape index (κ1) is 15.8. The fourth-order valence-corrected chi connectivity index (χ4v) is 3.62. The summed E-state index contributed by atoms with van der Waals surface area (Å²) in [6.07, 6.45) is 0. The number of benzene rings is 1. The van der Waals surface area contributed by atoms with E-state index < -0.39 is 17.3 Å². The van der Waals surface area contributed by atoms with Gasteiger partial charge in [0.05, 0.1) is 12.5 Å². The van der Waals surface area contributed by atoms with Gasteiger partial charge in [-0.05, 0) is 19.1 Å². The first-order chi connectivity index (χ1) is 12.0. The van der Waals surface area contributed by atoms with Crippen molar-refractivity contribution in [2.75, 3.05) is 19.6 Å². The van der Waals surface area contributed by atoms with Gasteiger partial charge in [-0.25, -0.2) is 0 Å². The Bertz CT molecular complexity index is 831. The Labute approximate surface area is 143 Å². The lowest BCUT2D eigenvalue weighted by Crippen LogP contribution is -2.40. The summed E-state index contributed by atoms with van der Waals surface area (Å²) in [7, 11) is 0. The highest BCUT2D eigenvalue weighted by Gasteiger charge is 2.59. The molecule has 0 aliphatic carbocycles. The molecule has 0 bridgehead atoms. The average Bonchev–Trinajstić information content (AvgIpc) is 3.27. The van der Waals surface area contributed by atoms with E-state index in [2.05, 4.69) is 15.5 Å². The Morgan fingerprint density at radius 2 is 2.20 bits per heavy atom. The molecule has 130 valence electrons. The Morgan fingerprint density at radius 1 is 1.44 bits per heavy atom. The molecule has 2 aromatic rings.